The average Bonchev–Trinajstić information content (AvgIpc) is 2.67. The van der Waals surface area contributed by atoms with Crippen LogP contribution in [0.3, 0.4) is 0 Å². The number of benzene rings is 2. The van der Waals surface area contributed by atoms with Crippen LogP contribution in [0.1, 0.15) is 13.8 Å². The highest BCUT2D eigenvalue weighted by Crippen LogP contribution is 2.41. The van der Waals surface area contributed by atoms with Crippen LogP contribution in [-0.4, -0.2) is 26.0 Å². The van der Waals surface area contributed by atoms with Crippen molar-refractivity contribution in [3.63, 3.8) is 0 Å². The molecule has 2 amide bonds. The second-order valence-electron chi connectivity index (χ2n) is 6.35. The third kappa shape index (κ3) is 2.77. The SMILES string of the molecule is COc1ccccc1N1[C]N(c2ccccc2OC)C(=O)C(C)(C)C1=O. The number of para-hydroxylation sites is 4. The van der Waals surface area contributed by atoms with E-state index in [1.165, 1.54) is 24.0 Å². The van der Waals surface area contributed by atoms with Gasteiger partial charge >= 0.3 is 0 Å². The Balaban J connectivity index is 2.11. The summed E-state index contributed by atoms with van der Waals surface area (Å²) >= 11 is 0. The zero-order valence-electron chi connectivity index (χ0n) is 15.1. The van der Waals surface area contributed by atoms with E-state index in [2.05, 4.69) is 6.67 Å². The molecule has 1 aliphatic rings. The number of rotatable bonds is 4. The van der Waals surface area contributed by atoms with E-state index in [-0.39, 0.29) is 11.8 Å². The lowest BCUT2D eigenvalue weighted by Crippen LogP contribution is -2.58. The maximum Gasteiger partial charge on any atom is 0.244 e. The fraction of sp³-hybridized carbons (Fsp3) is 0.250. The van der Waals surface area contributed by atoms with Crippen LogP contribution < -0.4 is 19.3 Å². The first kappa shape index (κ1) is 17.8. The number of ether oxygens (including phenoxy) is 2. The number of carbonyl (C=O) groups excluding carboxylic acids is 2. The summed E-state index contributed by atoms with van der Waals surface area (Å²) in [7, 11) is 3.06. The van der Waals surface area contributed by atoms with Gasteiger partial charge in [-0.25, -0.2) is 0 Å². The topological polar surface area (TPSA) is 59.1 Å². The summed E-state index contributed by atoms with van der Waals surface area (Å²) in [5.74, 6) is 0.272. The van der Waals surface area contributed by atoms with Gasteiger partial charge < -0.3 is 9.47 Å². The van der Waals surface area contributed by atoms with Gasteiger partial charge in [-0.2, -0.15) is 0 Å². The number of carbonyl (C=O) groups is 2. The standard InChI is InChI=1S/C20H20N2O4/c1-20(2)18(23)21(14-9-5-7-11-16(14)25-3)13-22(19(20)24)15-10-6-8-12-17(15)26-4/h5-12H,1-4H3. The van der Waals surface area contributed by atoms with E-state index in [9.17, 15) is 9.59 Å². The molecule has 0 spiro atoms. The van der Waals surface area contributed by atoms with Gasteiger partial charge in [0.25, 0.3) is 0 Å². The molecule has 6 heteroatoms. The molecule has 0 bridgehead atoms. The van der Waals surface area contributed by atoms with Crippen LogP contribution in [-0.2, 0) is 9.59 Å². The molecule has 0 aliphatic carbocycles. The first-order valence-electron chi connectivity index (χ1n) is 8.13. The van der Waals surface area contributed by atoms with Gasteiger partial charge in [-0.1, -0.05) is 24.3 Å². The van der Waals surface area contributed by atoms with E-state index in [1.807, 2.05) is 12.1 Å². The van der Waals surface area contributed by atoms with Crippen molar-refractivity contribution in [2.24, 2.45) is 5.41 Å². The van der Waals surface area contributed by atoms with Crippen LogP contribution in [0.5, 0.6) is 11.5 Å². The number of amides is 2. The van der Waals surface area contributed by atoms with E-state index in [4.69, 9.17) is 9.47 Å². The molecule has 3 rings (SSSR count). The highest BCUT2D eigenvalue weighted by Gasteiger charge is 2.49. The van der Waals surface area contributed by atoms with Crippen molar-refractivity contribution in [2.45, 2.75) is 13.8 Å². The molecule has 134 valence electrons. The van der Waals surface area contributed by atoms with Gasteiger partial charge in [0.1, 0.15) is 16.9 Å². The lowest BCUT2D eigenvalue weighted by Gasteiger charge is -2.41. The Morgan fingerprint density at radius 3 is 1.54 bits per heavy atom. The van der Waals surface area contributed by atoms with Crippen molar-refractivity contribution in [3.8, 4) is 11.5 Å². The van der Waals surface area contributed by atoms with E-state index in [1.54, 1.807) is 50.2 Å². The van der Waals surface area contributed by atoms with Gasteiger partial charge in [0, 0.05) is 0 Å². The zero-order chi connectivity index (χ0) is 18.9. The molecule has 0 unspecified atom stereocenters. The summed E-state index contributed by atoms with van der Waals surface area (Å²) in [6, 6.07) is 14.2. The smallest absolute Gasteiger partial charge is 0.244 e. The molecule has 26 heavy (non-hydrogen) atoms. The van der Waals surface area contributed by atoms with Crippen molar-refractivity contribution in [1.82, 2.24) is 0 Å². The van der Waals surface area contributed by atoms with E-state index >= 15 is 0 Å². The molecule has 1 saturated heterocycles. The molecule has 6 nitrogen and oxygen atoms in total. The van der Waals surface area contributed by atoms with Gasteiger partial charge in [-0.3, -0.25) is 19.4 Å². The van der Waals surface area contributed by atoms with Gasteiger partial charge in [-0.15, -0.1) is 0 Å². The van der Waals surface area contributed by atoms with Gasteiger partial charge in [0.15, 0.2) is 0 Å². The number of methoxy groups -OCH3 is 2. The molecule has 0 saturated carbocycles. The number of hydrogen-bond acceptors (Lipinski definition) is 4. The average molecular weight is 352 g/mol. The van der Waals surface area contributed by atoms with Gasteiger partial charge in [0.2, 0.25) is 18.5 Å². The highest BCUT2D eigenvalue weighted by molar-refractivity contribution is 6.21. The van der Waals surface area contributed by atoms with Gasteiger partial charge in [-0.05, 0) is 38.1 Å². The Hall–Kier alpha value is -3.02. The predicted molar refractivity (Wildman–Crippen MR) is 98.0 cm³/mol. The summed E-state index contributed by atoms with van der Waals surface area (Å²) in [5, 5.41) is 0. The van der Waals surface area contributed by atoms with Crippen LogP contribution in [0.25, 0.3) is 0 Å². The van der Waals surface area contributed by atoms with Crippen molar-refractivity contribution in [1.29, 1.82) is 0 Å². The second kappa shape index (κ2) is 6.71. The Morgan fingerprint density at radius 1 is 0.769 bits per heavy atom. The lowest BCUT2D eigenvalue weighted by molar-refractivity contribution is -0.139. The minimum absolute atomic E-state index is 0.377. The fourth-order valence-corrected chi connectivity index (χ4v) is 2.80. The number of nitrogens with zero attached hydrogens (tertiary/aromatic N) is 2. The minimum atomic E-state index is -1.27. The Kier molecular flexibility index (Phi) is 4.59. The maximum absolute atomic E-state index is 13.0. The Bertz CT molecular complexity index is 780. The molecule has 0 aromatic heterocycles. The number of anilines is 2. The largest absolute Gasteiger partial charge is 0.495 e. The van der Waals surface area contributed by atoms with E-state index < -0.39 is 5.41 Å². The van der Waals surface area contributed by atoms with Crippen LogP contribution in [0, 0.1) is 12.1 Å². The fourth-order valence-electron chi connectivity index (χ4n) is 2.80. The second-order valence-corrected chi connectivity index (χ2v) is 6.35. The minimum Gasteiger partial charge on any atom is -0.495 e. The molecule has 1 heterocycles. The third-order valence-corrected chi connectivity index (χ3v) is 4.33. The zero-order valence-corrected chi connectivity index (χ0v) is 15.1. The highest BCUT2D eigenvalue weighted by atomic mass is 16.5. The summed E-state index contributed by atoms with van der Waals surface area (Å²) < 4.78 is 10.7. The third-order valence-electron chi connectivity index (χ3n) is 4.33. The predicted octanol–water partition coefficient (Wildman–Crippen LogP) is 3.11. The normalized spacial score (nSPS) is 16.6. The molecule has 2 aromatic carbocycles. The van der Waals surface area contributed by atoms with E-state index in [0.717, 1.165) is 0 Å². The van der Waals surface area contributed by atoms with Crippen molar-refractivity contribution in [3.05, 3.63) is 55.2 Å². The first-order valence-corrected chi connectivity index (χ1v) is 8.13. The van der Waals surface area contributed by atoms with Crippen LogP contribution in [0.4, 0.5) is 11.4 Å². The van der Waals surface area contributed by atoms with Gasteiger partial charge in [0.05, 0.1) is 25.6 Å². The molecule has 2 aromatic rings. The Labute approximate surface area is 152 Å². The maximum atomic E-state index is 13.0. The van der Waals surface area contributed by atoms with Crippen LogP contribution >= 0.6 is 0 Å². The van der Waals surface area contributed by atoms with Crippen LogP contribution in [0.15, 0.2) is 48.5 Å². The number of hydrogen-bond donors (Lipinski definition) is 0. The van der Waals surface area contributed by atoms with Crippen molar-refractivity contribution >= 4 is 23.2 Å². The molecular weight excluding hydrogens is 332 g/mol. The quantitative estimate of drug-likeness (QED) is 0.794. The lowest BCUT2D eigenvalue weighted by atomic mass is 9.87. The van der Waals surface area contributed by atoms with E-state index in [0.29, 0.717) is 22.9 Å². The molecular formula is C20H20N2O4. The van der Waals surface area contributed by atoms with Crippen molar-refractivity contribution < 1.29 is 19.1 Å². The van der Waals surface area contributed by atoms with Crippen molar-refractivity contribution in [2.75, 3.05) is 24.0 Å². The molecule has 1 fully saturated rings. The molecule has 0 atom stereocenters. The summed E-state index contributed by atoms with van der Waals surface area (Å²) in [5.41, 5.74) is -0.242. The Morgan fingerprint density at radius 2 is 1.15 bits per heavy atom. The molecule has 0 N–H and O–H groups in total. The van der Waals surface area contributed by atoms with Crippen LogP contribution in [0.2, 0.25) is 0 Å². The molecule has 2 radical (unpaired) electrons. The first-order chi connectivity index (χ1) is 12.4. The monoisotopic (exact) mass is 352 g/mol. The summed E-state index contributed by atoms with van der Waals surface area (Å²) in [6.45, 7) is 6.10. The summed E-state index contributed by atoms with van der Waals surface area (Å²) in [4.78, 5) is 28.6. The summed E-state index contributed by atoms with van der Waals surface area (Å²) in [6.07, 6.45) is 0. The molecule has 1 aliphatic heterocycles.